The van der Waals surface area contributed by atoms with Gasteiger partial charge in [0, 0.05) is 36.1 Å². The van der Waals surface area contributed by atoms with Crippen LogP contribution in [0.5, 0.6) is 0 Å². The molecule has 6 rings (SSSR count). The van der Waals surface area contributed by atoms with Crippen LogP contribution in [0.25, 0.3) is 44.6 Å². The van der Waals surface area contributed by atoms with Gasteiger partial charge in [-0.15, -0.1) is 0 Å². The van der Waals surface area contributed by atoms with E-state index in [9.17, 15) is 0 Å². The molecule has 1 aliphatic rings. The summed E-state index contributed by atoms with van der Waals surface area (Å²) in [6.45, 7) is 3.33. The molecule has 0 unspecified atom stereocenters. The first-order valence-corrected chi connectivity index (χ1v) is 10.8. The van der Waals surface area contributed by atoms with Gasteiger partial charge in [-0.1, -0.05) is 12.5 Å². The maximum absolute atomic E-state index is 4.69. The van der Waals surface area contributed by atoms with E-state index in [0.717, 1.165) is 51.1 Å². The number of piperidine rings is 1. The average molecular weight is 409 g/mol. The Morgan fingerprint density at radius 2 is 1.81 bits per heavy atom. The Kier molecular flexibility index (Phi) is 4.46. The lowest BCUT2D eigenvalue weighted by atomic mass is 10.0. The summed E-state index contributed by atoms with van der Waals surface area (Å²) in [6.07, 6.45) is 11.4. The molecule has 4 aromatic heterocycles. The van der Waals surface area contributed by atoms with E-state index in [1.807, 2.05) is 18.5 Å². The van der Waals surface area contributed by atoms with Crippen molar-refractivity contribution in [2.75, 3.05) is 13.1 Å². The van der Waals surface area contributed by atoms with Gasteiger partial charge in [0.05, 0.1) is 22.7 Å². The fourth-order valence-corrected chi connectivity index (χ4v) is 4.45. The molecule has 154 valence electrons. The third-order valence-electron chi connectivity index (χ3n) is 6.05. The molecule has 0 atom stereocenters. The van der Waals surface area contributed by atoms with Crippen molar-refractivity contribution >= 4 is 21.9 Å². The van der Waals surface area contributed by atoms with E-state index in [-0.39, 0.29) is 0 Å². The highest BCUT2D eigenvalue weighted by molar-refractivity contribution is 5.95. The fourth-order valence-electron chi connectivity index (χ4n) is 4.45. The van der Waals surface area contributed by atoms with Crippen LogP contribution in [0.1, 0.15) is 24.8 Å². The second-order valence-electron chi connectivity index (χ2n) is 8.23. The second-order valence-corrected chi connectivity index (χ2v) is 8.23. The number of likely N-dealkylation sites (tertiary alicyclic amines) is 1. The molecule has 7 heteroatoms. The van der Waals surface area contributed by atoms with Gasteiger partial charge in [0.25, 0.3) is 0 Å². The molecule has 5 heterocycles. The number of nitrogens with zero attached hydrogens (tertiary/aromatic N) is 5. The van der Waals surface area contributed by atoms with Crippen LogP contribution in [0.2, 0.25) is 0 Å². The number of fused-ring (bicyclic) bond motifs is 2. The topological polar surface area (TPSA) is 86.4 Å². The lowest BCUT2D eigenvalue weighted by Gasteiger charge is -2.26. The Balaban J connectivity index is 1.36. The quantitative estimate of drug-likeness (QED) is 0.455. The van der Waals surface area contributed by atoms with Gasteiger partial charge in [-0.25, -0.2) is 4.98 Å². The number of hydrogen-bond donors (Lipinski definition) is 2. The highest BCUT2D eigenvalue weighted by Crippen LogP contribution is 2.30. The number of hydrogen-bond acceptors (Lipinski definition) is 5. The zero-order valence-corrected chi connectivity index (χ0v) is 17.2. The Bertz CT molecular complexity index is 1330. The molecule has 1 fully saturated rings. The van der Waals surface area contributed by atoms with Gasteiger partial charge < -0.3 is 4.98 Å². The van der Waals surface area contributed by atoms with Crippen molar-refractivity contribution in [2.24, 2.45) is 0 Å². The molecule has 5 aromatic rings. The third kappa shape index (κ3) is 3.47. The van der Waals surface area contributed by atoms with Crippen LogP contribution in [-0.4, -0.2) is 48.1 Å². The minimum absolute atomic E-state index is 0.739. The van der Waals surface area contributed by atoms with Crippen LogP contribution >= 0.6 is 0 Å². The zero-order chi connectivity index (χ0) is 20.6. The second kappa shape index (κ2) is 7.59. The lowest BCUT2D eigenvalue weighted by Crippen LogP contribution is -2.29. The summed E-state index contributed by atoms with van der Waals surface area (Å²) in [4.78, 5) is 19.2. The Labute approximate surface area is 179 Å². The van der Waals surface area contributed by atoms with Crippen molar-refractivity contribution in [1.82, 2.24) is 35.0 Å². The molecule has 31 heavy (non-hydrogen) atoms. The Morgan fingerprint density at radius 1 is 0.871 bits per heavy atom. The minimum atomic E-state index is 0.739. The van der Waals surface area contributed by atoms with E-state index in [4.69, 9.17) is 4.98 Å². The smallest absolute Gasteiger partial charge is 0.159 e. The molecular weight excluding hydrogens is 386 g/mol. The highest BCUT2D eigenvalue weighted by Gasteiger charge is 2.15. The lowest BCUT2D eigenvalue weighted by molar-refractivity contribution is 0.220. The summed E-state index contributed by atoms with van der Waals surface area (Å²) in [6, 6.07) is 10.5. The molecule has 1 aliphatic heterocycles. The van der Waals surface area contributed by atoms with Crippen molar-refractivity contribution < 1.29 is 0 Å². The maximum atomic E-state index is 4.69. The zero-order valence-electron chi connectivity index (χ0n) is 17.2. The van der Waals surface area contributed by atoms with E-state index in [2.05, 4.69) is 54.3 Å². The standard InChI is InChI=1S/C24H23N7/c1-2-8-31(9-3-1)15-16-10-18(13-26-12-16)17-4-5-20-19(11-17)23(30-29-20)24-27-21-6-7-25-14-22(21)28-24/h4-7,10-14H,1-3,8-9,15H2,(H,27,28)(H,29,30). The van der Waals surface area contributed by atoms with Gasteiger partial charge in [-0.3, -0.25) is 20.0 Å². The molecule has 0 saturated carbocycles. The number of pyridine rings is 2. The van der Waals surface area contributed by atoms with Crippen LogP contribution in [0.3, 0.4) is 0 Å². The number of aromatic amines is 2. The van der Waals surface area contributed by atoms with Crippen LogP contribution in [0.4, 0.5) is 0 Å². The van der Waals surface area contributed by atoms with Crippen molar-refractivity contribution in [3.8, 4) is 22.6 Å². The summed E-state index contributed by atoms with van der Waals surface area (Å²) >= 11 is 0. The largest absolute Gasteiger partial charge is 0.335 e. The number of nitrogens with one attached hydrogen (secondary N) is 2. The van der Waals surface area contributed by atoms with E-state index in [1.54, 1.807) is 12.4 Å². The number of rotatable bonds is 4. The first-order valence-electron chi connectivity index (χ1n) is 10.8. The Hall–Kier alpha value is -3.58. The molecule has 2 N–H and O–H groups in total. The normalized spacial score (nSPS) is 15.1. The monoisotopic (exact) mass is 409 g/mol. The van der Waals surface area contributed by atoms with E-state index >= 15 is 0 Å². The van der Waals surface area contributed by atoms with Gasteiger partial charge in [-0.2, -0.15) is 5.10 Å². The van der Waals surface area contributed by atoms with Gasteiger partial charge in [0.1, 0.15) is 5.69 Å². The van der Waals surface area contributed by atoms with Crippen molar-refractivity contribution in [3.63, 3.8) is 0 Å². The van der Waals surface area contributed by atoms with Crippen LogP contribution in [0, 0.1) is 0 Å². The van der Waals surface area contributed by atoms with Gasteiger partial charge >= 0.3 is 0 Å². The molecule has 0 spiro atoms. The molecule has 0 aliphatic carbocycles. The van der Waals surface area contributed by atoms with E-state index < -0.39 is 0 Å². The van der Waals surface area contributed by atoms with Crippen LogP contribution in [0.15, 0.2) is 55.1 Å². The maximum Gasteiger partial charge on any atom is 0.159 e. The first-order chi connectivity index (χ1) is 15.3. The molecule has 0 bridgehead atoms. The SMILES string of the molecule is c1cc2nc(-c3n[nH]c4ccc(-c5cncc(CN6CCCCC6)c5)cc34)[nH]c2cn1. The number of H-pyrrole nitrogens is 2. The molecule has 1 aromatic carbocycles. The average Bonchev–Trinajstić information content (AvgIpc) is 3.43. The van der Waals surface area contributed by atoms with Gasteiger partial charge in [-0.05, 0) is 61.3 Å². The van der Waals surface area contributed by atoms with Crippen molar-refractivity contribution in [1.29, 1.82) is 0 Å². The van der Waals surface area contributed by atoms with Crippen LogP contribution in [-0.2, 0) is 6.54 Å². The molecule has 7 nitrogen and oxygen atoms in total. The summed E-state index contributed by atoms with van der Waals surface area (Å²) < 4.78 is 0. The van der Waals surface area contributed by atoms with E-state index in [1.165, 1.54) is 37.9 Å². The minimum Gasteiger partial charge on any atom is -0.335 e. The molecule has 0 radical (unpaired) electrons. The van der Waals surface area contributed by atoms with Crippen molar-refractivity contribution in [3.05, 3.63) is 60.7 Å². The first kappa shape index (κ1) is 18.2. The van der Waals surface area contributed by atoms with Gasteiger partial charge in [0.15, 0.2) is 5.82 Å². The number of imidazole rings is 1. The number of aromatic nitrogens is 6. The summed E-state index contributed by atoms with van der Waals surface area (Å²) in [5, 5.41) is 8.69. The fraction of sp³-hybridized carbons (Fsp3) is 0.250. The predicted octanol–water partition coefficient (Wildman–Crippen LogP) is 4.55. The summed E-state index contributed by atoms with van der Waals surface area (Å²) in [5.74, 6) is 0.739. The number of benzene rings is 1. The van der Waals surface area contributed by atoms with Crippen molar-refractivity contribution in [2.45, 2.75) is 25.8 Å². The van der Waals surface area contributed by atoms with Gasteiger partial charge in [0.2, 0.25) is 0 Å². The Morgan fingerprint density at radius 3 is 2.71 bits per heavy atom. The summed E-state index contributed by atoms with van der Waals surface area (Å²) in [5.41, 5.74) is 7.08. The van der Waals surface area contributed by atoms with E-state index in [0.29, 0.717) is 0 Å². The molecular formula is C24H23N7. The molecule has 0 amide bonds. The predicted molar refractivity (Wildman–Crippen MR) is 121 cm³/mol. The highest BCUT2D eigenvalue weighted by atomic mass is 15.1. The van der Waals surface area contributed by atoms with Crippen LogP contribution < -0.4 is 0 Å². The third-order valence-corrected chi connectivity index (χ3v) is 6.05. The molecule has 1 saturated heterocycles. The summed E-state index contributed by atoms with van der Waals surface area (Å²) in [7, 11) is 0.